The molecular formula is C13H27N3O2. The zero-order valence-corrected chi connectivity index (χ0v) is 11.9. The molecule has 1 rings (SSSR count). The summed E-state index contributed by atoms with van der Waals surface area (Å²) < 4.78 is 5.09. The van der Waals surface area contributed by atoms with Crippen molar-refractivity contribution in [2.45, 2.75) is 26.4 Å². The van der Waals surface area contributed by atoms with Crippen molar-refractivity contribution in [3.05, 3.63) is 0 Å². The first-order valence-corrected chi connectivity index (χ1v) is 6.82. The molecule has 1 heterocycles. The highest BCUT2D eigenvalue weighted by atomic mass is 16.5. The van der Waals surface area contributed by atoms with Gasteiger partial charge in [0.2, 0.25) is 0 Å². The molecule has 0 saturated carbocycles. The topological polar surface area (TPSA) is 58.8 Å². The first-order chi connectivity index (χ1) is 8.58. The number of rotatable bonds is 5. The Morgan fingerprint density at radius 1 is 1.28 bits per heavy atom. The Labute approximate surface area is 110 Å². The second-order valence-electron chi connectivity index (χ2n) is 5.20. The molecule has 1 aliphatic heterocycles. The average molecular weight is 257 g/mol. The molecule has 0 spiro atoms. The number of methoxy groups -OCH3 is 1. The van der Waals surface area contributed by atoms with Gasteiger partial charge in [-0.2, -0.15) is 0 Å². The first kappa shape index (κ1) is 15.4. The first-order valence-electron chi connectivity index (χ1n) is 6.82. The van der Waals surface area contributed by atoms with E-state index in [0.717, 1.165) is 45.7 Å². The van der Waals surface area contributed by atoms with Gasteiger partial charge < -0.3 is 20.3 Å². The van der Waals surface area contributed by atoms with Crippen molar-refractivity contribution >= 4 is 5.91 Å². The van der Waals surface area contributed by atoms with Crippen LogP contribution in [0.2, 0.25) is 0 Å². The Balaban J connectivity index is 2.43. The summed E-state index contributed by atoms with van der Waals surface area (Å²) in [5, 5.41) is 0. The maximum atomic E-state index is 12.0. The fraction of sp³-hybridized carbons (Fsp3) is 0.923. The number of carbonyl (C=O) groups is 1. The van der Waals surface area contributed by atoms with Crippen LogP contribution in [-0.4, -0.2) is 68.2 Å². The average Bonchev–Trinajstić information content (AvgIpc) is 2.62. The largest absolute Gasteiger partial charge is 0.372 e. The molecule has 1 saturated heterocycles. The fourth-order valence-corrected chi connectivity index (χ4v) is 2.25. The molecule has 0 aromatic carbocycles. The van der Waals surface area contributed by atoms with E-state index in [1.54, 1.807) is 7.11 Å². The Morgan fingerprint density at radius 2 is 2.00 bits per heavy atom. The van der Waals surface area contributed by atoms with Gasteiger partial charge in [0, 0.05) is 33.3 Å². The molecule has 0 radical (unpaired) electrons. The summed E-state index contributed by atoms with van der Waals surface area (Å²) in [6.45, 7) is 9.34. The summed E-state index contributed by atoms with van der Waals surface area (Å²) in [6.07, 6.45) is 0.693. The minimum atomic E-state index is -0.334. The van der Waals surface area contributed by atoms with Crippen molar-refractivity contribution < 1.29 is 9.53 Å². The molecule has 2 N–H and O–H groups in total. The third-order valence-electron chi connectivity index (χ3n) is 3.57. The highest BCUT2D eigenvalue weighted by molar-refractivity contribution is 5.80. The molecule has 18 heavy (non-hydrogen) atoms. The number of nitrogens with zero attached hydrogens (tertiary/aromatic N) is 2. The number of carbonyl (C=O) groups excluding carboxylic acids is 1. The van der Waals surface area contributed by atoms with E-state index in [0.29, 0.717) is 5.92 Å². The van der Waals surface area contributed by atoms with Gasteiger partial charge in [0.25, 0.3) is 5.91 Å². The van der Waals surface area contributed by atoms with Gasteiger partial charge >= 0.3 is 0 Å². The normalized spacial score (nSPS) is 21.4. The van der Waals surface area contributed by atoms with Gasteiger partial charge in [-0.3, -0.25) is 4.79 Å². The molecule has 1 fully saturated rings. The zero-order chi connectivity index (χ0) is 13.5. The highest BCUT2D eigenvalue weighted by Crippen LogP contribution is 2.08. The van der Waals surface area contributed by atoms with Crippen LogP contribution in [0.1, 0.15) is 20.3 Å². The number of hydrogen-bond acceptors (Lipinski definition) is 4. The van der Waals surface area contributed by atoms with E-state index in [9.17, 15) is 4.79 Å². The maximum absolute atomic E-state index is 12.0. The van der Waals surface area contributed by atoms with Gasteiger partial charge in [-0.15, -0.1) is 0 Å². The maximum Gasteiger partial charge on any atom is 0.251 e. The lowest BCUT2D eigenvalue weighted by molar-refractivity contribution is -0.140. The number of nitrogens with two attached hydrogens (primary N) is 1. The number of hydrogen-bond donors (Lipinski definition) is 1. The molecule has 5 heteroatoms. The van der Waals surface area contributed by atoms with E-state index in [1.165, 1.54) is 0 Å². The van der Waals surface area contributed by atoms with Crippen LogP contribution >= 0.6 is 0 Å². The molecule has 0 aromatic heterocycles. The Hall–Kier alpha value is -0.650. The van der Waals surface area contributed by atoms with Gasteiger partial charge in [-0.1, -0.05) is 6.92 Å². The summed E-state index contributed by atoms with van der Waals surface area (Å²) in [4.78, 5) is 16.4. The van der Waals surface area contributed by atoms with Crippen LogP contribution in [0.25, 0.3) is 0 Å². The smallest absolute Gasteiger partial charge is 0.251 e. The van der Waals surface area contributed by atoms with Crippen molar-refractivity contribution in [2.75, 3.05) is 46.4 Å². The minimum Gasteiger partial charge on any atom is -0.372 e. The summed E-state index contributed by atoms with van der Waals surface area (Å²) in [5.74, 6) is 0.622. The fourth-order valence-electron chi connectivity index (χ4n) is 2.25. The van der Waals surface area contributed by atoms with E-state index in [4.69, 9.17) is 10.5 Å². The van der Waals surface area contributed by atoms with Gasteiger partial charge in [0.1, 0.15) is 6.10 Å². The lowest BCUT2D eigenvalue weighted by atomic mass is 10.1. The summed E-state index contributed by atoms with van der Waals surface area (Å²) >= 11 is 0. The third kappa shape index (κ3) is 4.55. The molecule has 2 unspecified atom stereocenters. The van der Waals surface area contributed by atoms with Crippen LogP contribution in [0.3, 0.4) is 0 Å². The van der Waals surface area contributed by atoms with Crippen molar-refractivity contribution in [1.29, 1.82) is 0 Å². The Bertz CT molecular complexity index is 261. The van der Waals surface area contributed by atoms with E-state index < -0.39 is 0 Å². The van der Waals surface area contributed by atoms with E-state index in [1.807, 2.05) is 11.8 Å². The van der Waals surface area contributed by atoms with Gasteiger partial charge in [-0.25, -0.2) is 0 Å². The molecule has 1 amide bonds. The SMILES string of the molecule is COC(C)C(=O)N1CCCN(CC(C)CN)CC1. The van der Waals surface area contributed by atoms with Crippen molar-refractivity contribution in [3.8, 4) is 0 Å². The zero-order valence-electron chi connectivity index (χ0n) is 11.9. The summed E-state index contributed by atoms with van der Waals surface area (Å²) in [6, 6.07) is 0. The number of amides is 1. The lowest BCUT2D eigenvalue weighted by Crippen LogP contribution is -2.41. The standard InChI is InChI=1S/C13H27N3O2/c1-11(9-14)10-15-5-4-6-16(8-7-15)13(17)12(2)18-3/h11-12H,4-10,14H2,1-3H3. The molecule has 106 valence electrons. The summed E-state index contributed by atoms with van der Waals surface area (Å²) in [7, 11) is 1.58. The van der Waals surface area contributed by atoms with Crippen LogP contribution < -0.4 is 5.73 Å². The van der Waals surface area contributed by atoms with Crippen molar-refractivity contribution in [2.24, 2.45) is 11.7 Å². The third-order valence-corrected chi connectivity index (χ3v) is 3.57. The van der Waals surface area contributed by atoms with Crippen molar-refractivity contribution in [3.63, 3.8) is 0 Å². The van der Waals surface area contributed by atoms with Crippen LogP contribution in [0.15, 0.2) is 0 Å². The minimum absolute atomic E-state index is 0.103. The second kappa shape index (κ2) is 7.71. The van der Waals surface area contributed by atoms with Crippen LogP contribution in [0, 0.1) is 5.92 Å². The summed E-state index contributed by atoms with van der Waals surface area (Å²) in [5.41, 5.74) is 5.65. The second-order valence-corrected chi connectivity index (χ2v) is 5.20. The molecule has 1 aliphatic rings. The predicted molar refractivity (Wildman–Crippen MR) is 72.3 cm³/mol. The predicted octanol–water partition coefficient (Wildman–Crippen LogP) is 0.150. The molecular weight excluding hydrogens is 230 g/mol. The monoisotopic (exact) mass is 257 g/mol. The Kier molecular flexibility index (Phi) is 6.60. The van der Waals surface area contributed by atoms with Gasteiger partial charge in [-0.05, 0) is 32.4 Å². The molecule has 5 nitrogen and oxygen atoms in total. The van der Waals surface area contributed by atoms with E-state index in [-0.39, 0.29) is 12.0 Å². The van der Waals surface area contributed by atoms with E-state index in [2.05, 4.69) is 11.8 Å². The van der Waals surface area contributed by atoms with Crippen LogP contribution in [0.4, 0.5) is 0 Å². The van der Waals surface area contributed by atoms with E-state index >= 15 is 0 Å². The quantitative estimate of drug-likeness (QED) is 0.762. The van der Waals surface area contributed by atoms with Gasteiger partial charge in [0.15, 0.2) is 0 Å². The van der Waals surface area contributed by atoms with Crippen molar-refractivity contribution in [1.82, 2.24) is 9.80 Å². The van der Waals surface area contributed by atoms with Gasteiger partial charge in [0.05, 0.1) is 0 Å². The Morgan fingerprint density at radius 3 is 2.61 bits per heavy atom. The van der Waals surface area contributed by atoms with Crippen LogP contribution in [0.5, 0.6) is 0 Å². The molecule has 0 aromatic rings. The molecule has 0 aliphatic carbocycles. The molecule has 0 bridgehead atoms. The number of ether oxygens (including phenoxy) is 1. The van der Waals surface area contributed by atoms with Crippen LogP contribution in [-0.2, 0) is 9.53 Å². The lowest BCUT2D eigenvalue weighted by Gasteiger charge is -2.25. The molecule has 2 atom stereocenters. The highest BCUT2D eigenvalue weighted by Gasteiger charge is 2.23.